The van der Waals surface area contributed by atoms with Gasteiger partial charge in [0.1, 0.15) is 0 Å². The van der Waals surface area contributed by atoms with E-state index in [2.05, 4.69) is 84.9 Å². The lowest BCUT2D eigenvalue weighted by molar-refractivity contribution is -0.120. The second-order valence-electron chi connectivity index (χ2n) is 7.65. The average Bonchev–Trinajstić information content (AvgIpc) is 2.81. The van der Waals surface area contributed by atoms with Crippen molar-refractivity contribution in [2.75, 3.05) is 62.7 Å². The van der Waals surface area contributed by atoms with Crippen molar-refractivity contribution in [3.63, 3.8) is 0 Å². The third-order valence-electron chi connectivity index (χ3n) is 5.70. The van der Waals surface area contributed by atoms with Crippen LogP contribution in [-0.2, 0) is 11.3 Å². The number of amides is 1. The van der Waals surface area contributed by atoms with Gasteiger partial charge >= 0.3 is 0 Å². The predicted molar refractivity (Wildman–Crippen MR) is 138 cm³/mol. The molecule has 2 aliphatic rings. The van der Waals surface area contributed by atoms with Crippen LogP contribution >= 0.6 is 24.0 Å². The first-order valence-electron chi connectivity index (χ1n) is 10.6. The SMILES string of the molecule is CN=C(NCc1ccc(N2CCNC(=O)C2)cc1)N1CCN(c2ccccc2)CC1.I. The van der Waals surface area contributed by atoms with Crippen LogP contribution in [0.2, 0.25) is 0 Å². The quantitative estimate of drug-likeness (QED) is 0.358. The third-order valence-corrected chi connectivity index (χ3v) is 5.70. The summed E-state index contributed by atoms with van der Waals surface area (Å²) >= 11 is 0. The zero-order chi connectivity index (χ0) is 20.8. The number of nitrogens with one attached hydrogen (secondary N) is 2. The maximum atomic E-state index is 11.6. The molecule has 0 spiro atoms. The number of nitrogens with zero attached hydrogens (tertiary/aromatic N) is 4. The first-order valence-corrected chi connectivity index (χ1v) is 10.6. The van der Waals surface area contributed by atoms with Crippen LogP contribution in [0.25, 0.3) is 0 Å². The van der Waals surface area contributed by atoms with E-state index in [0.29, 0.717) is 13.1 Å². The molecule has 0 saturated carbocycles. The van der Waals surface area contributed by atoms with Gasteiger partial charge in [0.25, 0.3) is 0 Å². The fourth-order valence-electron chi connectivity index (χ4n) is 4.01. The summed E-state index contributed by atoms with van der Waals surface area (Å²) in [5, 5.41) is 6.36. The molecule has 31 heavy (non-hydrogen) atoms. The number of halogens is 1. The van der Waals surface area contributed by atoms with Gasteiger partial charge in [-0.3, -0.25) is 9.79 Å². The van der Waals surface area contributed by atoms with Gasteiger partial charge in [0, 0.05) is 64.2 Å². The predicted octanol–water partition coefficient (Wildman–Crippen LogP) is 2.14. The van der Waals surface area contributed by atoms with Gasteiger partial charge in [0.2, 0.25) is 5.91 Å². The maximum absolute atomic E-state index is 11.6. The minimum absolute atomic E-state index is 0. The third kappa shape index (κ3) is 6.03. The second kappa shape index (κ2) is 11.2. The molecular weight excluding hydrogens is 503 g/mol. The van der Waals surface area contributed by atoms with Crippen LogP contribution < -0.4 is 20.4 Å². The first kappa shape index (κ1) is 23.2. The summed E-state index contributed by atoms with van der Waals surface area (Å²) in [5.41, 5.74) is 3.57. The van der Waals surface area contributed by atoms with Gasteiger partial charge in [-0.1, -0.05) is 30.3 Å². The van der Waals surface area contributed by atoms with Crippen LogP contribution in [0.1, 0.15) is 5.56 Å². The average molecular weight is 534 g/mol. The van der Waals surface area contributed by atoms with Crippen LogP contribution in [-0.4, -0.2) is 69.6 Å². The Morgan fingerprint density at radius 1 is 0.935 bits per heavy atom. The number of aliphatic imine (C=N–C) groups is 1. The summed E-state index contributed by atoms with van der Waals surface area (Å²) < 4.78 is 0. The van der Waals surface area contributed by atoms with Gasteiger partial charge in [-0.15, -0.1) is 24.0 Å². The van der Waals surface area contributed by atoms with E-state index in [1.165, 1.54) is 11.3 Å². The Hall–Kier alpha value is -2.49. The van der Waals surface area contributed by atoms with Crippen molar-refractivity contribution in [3.05, 3.63) is 60.2 Å². The molecule has 0 aliphatic carbocycles. The number of rotatable bonds is 4. The fourth-order valence-corrected chi connectivity index (χ4v) is 4.01. The van der Waals surface area contributed by atoms with Crippen LogP contribution in [0.15, 0.2) is 59.6 Å². The molecule has 0 atom stereocenters. The number of benzene rings is 2. The van der Waals surface area contributed by atoms with E-state index < -0.39 is 0 Å². The molecule has 1 amide bonds. The van der Waals surface area contributed by atoms with E-state index in [0.717, 1.165) is 50.9 Å². The molecule has 2 N–H and O–H groups in total. The Bertz CT molecular complexity index is 865. The van der Waals surface area contributed by atoms with E-state index in [1.807, 2.05) is 7.05 Å². The molecule has 2 heterocycles. The highest BCUT2D eigenvalue weighted by Crippen LogP contribution is 2.17. The van der Waals surface area contributed by atoms with Crippen LogP contribution in [0.5, 0.6) is 0 Å². The monoisotopic (exact) mass is 534 g/mol. The van der Waals surface area contributed by atoms with Gasteiger partial charge in [-0.2, -0.15) is 0 Å². The van der Waals surface area contributed by atoms with E-state index >= 15 is 0 Å². The Balaban J connectivity index is 0.00000272. The molecule has 2 aromatic rings. The van der Waals surface area contributed by atoms with Gasteiger partial charge in [0.05, 0.1) is 6.54 Å². The lowest BCUT2D eigenvalue weighted by Gasteiger charge is -2.37. The number of guanidine groups is 1. The highest BCUT2D eigenvalue weighted by Gasteiger charge is 2.20. The summed E-state index contributed by atoms with van der Waals surface area (Å²) in [6.07, 6.45) is 0. The minimum Gasteiger partial charge on any atom is -0.368 e. The maximum Gasteiger partial charge on any atom is 0.239 e. The van der Waals surface area contributed by atoms with Crippen molar-refractivity contribution in [1.82, 2.24) is 15.5 Å². The molecule has 2 saturated heterocycles. The molecule has 0 unspecified atom stereocenters. The molecular formula is C23H31IN6O. The minimum atomic E-state index is 0. The van der Waals surface area contributed by atoms with E-state index in [1.54, 1.807) is 0 Å². The molecule has 0 aromatic heterocycles. The molecule has 8 heteroatoms. The van der Waals surface area contributed by atoms with Crippen LogP contribution in [0, 0.1) is 0 Å². The van der Waals surface area contributed by atoms with Gasteiger partial charge in [-0.25, -0.2) is 0 Å². The summed E-state index contributed by atoms with van der Waals surface area (Å²) in [6.45, 7) is 6.59. The second-order valence-corrected chi connectivity index (χ2v) is 7.65. The van der Waals surface area contributed by atoms with Crippen molar-refractivity contribution < 1.29 is 4.79 Å². The Morgan fingerprint density at radius 3 is 2.26 bits per heavy atom. The smallest absolute Gasteiger partial charge is 0.239 e. The number of anilines is 2. The number of hydrogen-bond donors (Lipinski definition) is 2. The van der Waals surface area contributed by atoms with Crippen molar-refractivity contribution in [3.8, 4) is 0 Å². The normalized spacial score (nSPS) is 17.1. The largest absolute Gasteiger partial charge is 0.368 e. The van der Waals surface area contributed by atoms with Gasteiger partial charge in [0.15, 0.2) is 5.96 Å². The molecule has 166 valence electrons. The molecule has 2 aliphatic heterocycles. The first-order chi connectivity index (χ1) is 14.7. The van der Waals surface area contributed by atoms with Crippen molar-refractivity contribution >= 4 is 47.2 Å². The van der Waals surface area contributed by atoms with E-state index in [9.17, 15) is 4.79 Å². The topological polar surface area (TPSA) is 63.2 Å². The van der Waals surface area contributed by atoms with Gasteiger partial charge < -0.3 is 25.3 Å². The van der Waals surface area contributed by atoms with E-state index in [4.69, 9.17) is 0 Å². The standard InChI is InChI=1S/C23H30N6O.HI/c1-24-23(28-15-13-27(14-16-28)20-5-3-2-4-6-20)26-17-19-7-9-21(10-8-19)29-12-11-25-22(30)18-29;/h2-10H,11-18H2,1H3,(H,24,26)(H,25,30);1H. The molecule has 0 radical (unpaired) electrons. The zero-order valence-corrected chi connectivity index (χ0v) is 20.3. The highest BCUT2D eigenvalue weighted by atomic mass is 127. The highest BCUT2D eigenvalue weighted by molar-refractivity contribution is 14.0. The summed E-state index contributed by atoms with van der Waals surface area (Å²) in [6, 6.07) is 19.0. The number of hydrogen-bond acceptors (Lipinski definition) is 4. The van der Waals surface area contributed by atoms with Gasteiger partial charge in [-0.05, 0) is 29.8 Å². The molecule has 0 bridgehead atoms. The molecule has 7 nitrogen and oxygen atoms in total. The van der Waals surface area contributed by atoms with Crippen LogP contribution in [0.3, 0.4) is 0 Å². The molecule has 4 rings (SSSR count). The summed E-state index contributed by atoms with van der Waals surface area (Å²) in [5.74, 6) is 1.03. The number of piperazine rings is 2. The van der Waals surface area contributed by atoms with Crippen molar-refractivity contribution in [2.45, 2.75) is 6.54 Å². The number of para-hydroxylation sites is 1. The zero-order valence-electron chi connectivity index (χ0n) is 18.0. The van der Waals surface area contributed by atoms with E-state index in [-0.39, 0.29) is 29.9 Å². The van der Waals surface area contributed by atoms with Crippen molar-refractivity contribution in [2.24, 2.45) is 4.99 Å². The summed E-state index contributed by atoms with van der Waals surface area (Å²) in [4.78, 5) is 22.9. The van der Waals surface area contributed by atoms with Crippen LogP contribution in [0.4, 0.5) is 11.4 Å². The Kier molecular flexibility index (Phi) is 8.39. The Labute approximate surface area is 201 Å². The number of carbonyl (C=O) groups excluding carboxylic acids is 1. The molecule has 2 fully saturated rings. The summed E-state index contributed by atoms with van der Waals surface area (Å²) in [7, 11) is 1.84. The Morgan fingerprint density at radius 2 is 1.61 bits per heavy atom. The lowest BCUT2D eigenvalue weighted by Crippen LogP contribution is -2.52. The van der Waals surface area contributed by atoms with Crippen molar-refractivity contribution in [1.29, 1.82) is 0 Å². The lowest BCUT2D eigenvalue weighted by atomic mass is 10.2. The number of carbonyl (C=O) groups is 1. The molecule has 2 aromatic carbocycles. The fraction of sp³-hybridized carbons (Fsp3) is 0.391.